The van der Waals surface area contributed by atoms with Gasteiger partial charge in [0.2, 0.25) is 0 Å². The number of hydrogen-bond donors (Lipinski definition) is 0. The molecule has 5 heteroatoms. The Bertz CT molecular complexity index is 794. The molecule has 0 N–H and O–H groups in total. The molecule has 0 amide bonds. The predicted octanol–water partition coefficient (Wildman–Crippen LogP) is 3.72. The zero-order valence-electron chi connectivity index (χ0n) is 12.5. The van der Waals surface area contributed by atoms with E-state index in [1.807, 2.05) is 12.1 Å². The molecule has 0 saturated carbocycles. The number of nitrogens with zero attached hydrogens (tertiary/aromatic N) is 1. The summed E-state index contributed by atoms with van der Waals surface area (Å²) in [6.45, 7) is 2.00. The van der Waals surface area contributed by atoms with Gasteiger partial charge in [-0.15, -0.1) is 0 Å². The van der Waals surface area contributed by atoms with Crippen LogP contribution in [0.5, 0.6) is 5.75 Å². The largest absolute Gasteiger partial charge is 0.489 e. The van der Waals surface area contributed by atoms with Crippen LogP contribution < -0.4 is 4.74 Å². The van der Waals surface area contributed by atoms with Crippen molar-refractivity contribution in [3.8, 4) is 5.75 Å². The van der Waals surface area contributed by atoms with Crippen LogP contribution in [-0.2, 0) is 16.2 Å². The zero-order valence-corrected chi connectivity index (χ0v) is 12.5. The van der Waals surface area contributed by atoms with Crippen molar-refractivity contribution in [2.45, 2.75) is 13.5 Å². The van der Waals surface area contributed by atoms with Crippen LogP contribution in [0.1, 0.15) is 18.1 Å². The molecule has 116 valence electrons. The smallest absolute Gasteiger partial charge is 0.367 e. The zero-order chi connectivity index (χ0) is 16.2. The molecule has 3 rings (SSSR count). The van der Waals surface area contributed by atoms with Crippen molar-refractivity contribution in [3.05, 3.63) is 71.0 Å². The van der Waals surface area contributed by atoms with Gasteiger partial charge in [0.1, 0.15) is 18.2 Å². The number of oxime groups is 1. The molecule has 23 heavy (non-hydrogen) atoms. The van der Waals surface area contributed by atoms with Crippen molar-refractivity contribution < 1.29 is 18.8 Å². The molecule has 4 nitrogen and oxygen atoms in total. The normalized spacial score (nSPS) is 15.5. The molecular weight excluding hydrogens is 297 g/mol. The monoisotopic (exact) mass is 311 g/mol. The Hall–Kier alpha value is -2.95. The maximum Gasteiger partial charge on any atom is 0.367 e. The third-order valence-electron chi connectivity index (χ3n) is 3.36. The molecule has 0 bridgehead atoms. The van der Waals surface area contributed by atoms with Crippen molar-refractivity contribution in [2.24, 2.45) is 5.16 Å². The van der Waals surface area contributed by atoms with Gasteiger partial charge >= 0.3 is 5.97 Å². The van der Waals surface area contributed by atoms with E-state index in [0.29, 0.717) is 17.0 Å². The molecule has 0 atom stereocenters. The van der Waals surface area contributed by atoms with Gasteiger partial charge in [0.05, 0.1) is 11.3 Å². The maximum atomic E-state index is 13.1. The van der Waals surface area contributed by atoms with Crippen molar-refractivity contribution in [1.29, 1.82) is 0 Å². The minimum absolute atomic E-state index is 0.284. The number of carbonyl (C=O) groups is 1. The molecule has 0 fully saturated rings. The second-order valence-electron chi connectivity index (χ2n) is 5.10. The number of rotatable bonds is 4. The average molecular weight is 311 g/mol. The first-order valence-electron chi connectivity index (χ1n) is 7.07. The first-order valence-corrected chi connectivity index (χ1v) is 7.07. The van der Waals surface area contributed by atoms with Crippen LogP contribution in [0.25, 0.3) is 6.08 Å². The van der Waals surface area contributed by atoms with E-state index in [1.165, 1.54) is 12.1 Å². The third-order valence-corrected chi connectivity index (χ3v) is 3.36. The highest BCUT2D eigenvalue weighted by Gasteiger charge is 2.21. The molecule has 1 heterocycles. The Labute approximate surface area is 132 Å². The lowest BCUT2D eigenvalue weighted by Crippen LogP contribution is -2.01. The van der Waals surface area contributed by atoms with Crippen molar-refractivity contribution in [3.63, 3.8) is 0 Å². The molecule has 2 aromatic carbocycles. The summed E-state index contributed by atoms with van der Waals surface area (Å²) in [5.74, 6) is -0.0710. The van der Waals surface area contributed by atoms with Gasteiger partial charge in [-0.3, -0.25) is 0 Å². The first kappa shape index (κ1) is 15.0. The quantitative estimate of drug-likeness (QED) is 0.638. The highest BCUT2D eigenvalue weighted by atomic mass is 19.1. The summed E-state index contributed by atoms with van der Waals surface area (Å²) >= 11 is 0. The number of hydrogen-bond acceptors (Lipinski definition) is 4. The minimum atomic E-state index is -0.450. The van der Waals surface area contributed by atoms with Crippen LogP contribution in [0.3, 0.4) is 0 Å². The highest BCUT2D eigenvalue weighted by molar-refractivity contribution is 6.24. The standard InChI is InChI=1S/C18H14FNO3/c1-12-17(18(21)23-20-12)10-13-5-7-16(8-6-13)22-11-14-3-2-4-15(19)9-14/h2-10H,11H2,1H3/b17-10+. The van der Waals surface area contributed by atoms with Crippen LogP contribution in [0, 0.1) is 5.82 Å². The van der Waals surface area contributed by atoms with E-state index in [-0.39, 0.29) is 12.4 Å². The second kappa shape index (κ2) is 6.44. The minimum Gasteiger partial charge on any atom is -0.489 e. The molecule has 0 radical (unpaired) electrons. The summed E-state index contributed by atoms with van der Waals surface area (Å²) in [4.78, 5) is 16.1. The number of halogens is 1. The fraction of sp³-hybridized carbons (Fsp3) is 0.111. The van der Waals surface area contributed by atoms with Crippen LogP contribution in [0.15, 0.2) is 59.3 Å². The summed E-state index contributed by atoms with van der Waals surface area (Å²) < 4.78 is 18.7. The van der Waals surface area contributed by atoms with Crippen molar-refractivity contribution >= 4 is 17.8 Å². The van der Waals surface area contributed by atoms with Crippen LogP contribution in [0.2, 0.25) is 0 Å². The first-order chi connectivity index (χ1) is 11.1. The summed E-state index contributed by atoms with van der Waals surface area (Å²) in [5, 5.41) is 3.63. The highest BCUT2D eigenvalue weighted by Crippen LogP contribution is 2.19. The van der Waals surface area contributed by atoms with Gasteiger partial charge in [-0.25, -0.2) is 9.18 Å². The van der Waals surface area contributed by atoms with Crippen LogP contribution >= 0.6 is 0 Å². The number of benzene rings is 2. The summed E-state index contributed by atoms with van der Waals surface area (Å²) in [5.41, 5.74) is 2.60. The van der Waals surface area contributed by atoms with Crippen molar-refractivity contribution in [1.82, 2.24) is 0 Å². The lowest BCUT2D eigenvalue weighted by atomic mass is 10.1. The molecule has 0 saturated heterocycles. The molecule has 2 aromatic rings. The van der Waals surface area contributed by atoms with Crippen LogP contribution in [0.4, 0.5) is 4.39 Å². The fourth-order valence-electron chi connectivity index (χ4n) is 2.14. The Balaban J connectivity index is 1.67. The lowest BCUT2D eigenvalue weighted by molar-refractivity contribution is -0.136. The van der Waals surface area contributed by atoms with E-state index in [2.05, 4.69) is 9.99 Å². The Morgan fingerprint density at radius 1 is 1.22 bits per heavy atom. The Morgan fingerprint density at radius 3 is 2.65 bits per heavy atom. The van der Waals surface area contributed by atoms with Gasteiger partial charge in [0.15, 0.2) is 0 Å². The molecule has 1 aliphatic rings. The third kappa shape index (κ3) is 3.63. The Morgan fingerprint density at radius 2 is 2.00 bits per heavy atom. The van der Waals surface area contributed by atoms with Gasteiger partial charge in [-0.2, -0.15) is 0 Å². The number of carbonyl (C=O) groups excluding carboxylic acids is 1. The summed E-state index contributed by atoms with van der Waals surface area (Å²) in [7, 11) is 0. The van der Waals surface area contributed by atoms with Crippen molar-refractivity contribution in [2.75, 3.05) is 0 Å². The van der Waals surface area contributed by atoms with Gasteiger partial charge in [-0.05, 0) is 48.4 Å². The average Bonchev–Trinajstić information content (AvgIpc) is 2.86. The Kier molecular flexibility index (Phi) is 4.19. The van der Waals surface area contributed by atoms with Gasteiger partial charge in [0.25, 0.3) is 0 Å². The molecule has 0 unspecified atom stereocenters. The van der Waals surface area contributed by atoms with Crippen LogP contribution in [-0.4, -0.2) is 11.7 Å². The van der Waals surface area contributed by atoms with Gasteiger partial charge in [-0.1, -0.05) is 29.4 Å². The number of ether oxygens (including phenoxy) is 1. The molecule has 1 aliphatic heterocycles. The van der Waals surface area contributed by atoms with E-state index in [9.17, 15) is 9.18 Å². The topological polar surface area (TPSA) is 47.9 Å². The van der Waals surface area contributed by atoms with Gasteiger partial charge in [0, 0.05) is 0 Å². The van der Waals surface area contributed by atoms with E-state index in [1.54, 1.807) is 37.3 Å². The SMILES string of the molecule is CC1=NOC(=O)/C1=C/c1ccc(OCc2cccc(F)c2)cc1. The van der Waals surface area contributed by atoms with E-state index in [0.717, 1.165) is 11.1 Å². The molecular formula is C18H14FNO3. The van der Waals surface area contributed by atoms with E-state index in [4.69, 9.17) is 4.74 Å². The molecule has 0 aliphatic carbocycles. The lowest BCUT2D eigenvalue weighted by Gasteiger charge is -2.06. The fourth-order valence-corrected chi connectivity index (χ4v) is 2.14. The summed E-state index contributed by atoms with van der Waals surface area (Å²) in [6, 6.07) is 13.5. The molecule has 0 spiro atoms. The maximum absolute atomic E-state index is 13.1. The van der Waals surface area contributed by atoms with E-state index < -0.39 is 5.97 Å². The van der Waals surface area contributed by atoms with Gasteiger partial charge < -0.3 is 9.57 Å². The summed E-state index contributed by atoms with van der Waals surface area (Å²) in [6.07, 6.45) is 1.71. The predicted molar refractivity (Wildman–Crippen MR) is 84.4 cm³/mol. The molecule has 0 aromatic heterocycles. The van der Waals surface area contributed by atoms with E-state index >= 15 is 0 Å². The second-order valence-corrected chi connectivity index (χ2v) is 5.10.